The molecule has 1 aromatic rings. The first-order valence-electron chi connectivity index (χ1n) is 5.05. The van der Waals surface area contributed by atoms with Crippen molar-refractivity contribution in [2.45, 2.75) is 13.0 Å². The molecule has 16 heavy (non-hydrogen) atoms. The molecule has 0 heterocycles. The second kappa shape index (κ2) is 5.66. The fourth-order valence-electron chi connectivity index (χ4n) is 1.33. The van der Waals surface area contributed by atoms with Crippen molar-refractivity contribution < 1.29 is 8.42 Å². The summed E-state index contributed by atoms with van der Waals surface area (Å²) in [4.78, 5) is 0. The van der Waals surface area contributed by atoms with Gasteiger partial charge in [-0.1, -0.05) is 23.7 Å². The summed E-state index contributed by atoms with van der Waals surface area (Å²) in [6, 6.07) is 7.64. The van der Waals surface area contributed by atoms with Crippen molar-refractivity contribution in [3.05, 3.63) is 34.9 Å². The molecule has 0 aliphatic rings. The molecule has 0 unspecified atom stereocenters. The fourth-order valence-corrected chi connectivity index (χ4v) is 1.94. The van der Waals surface area contributed by atoms with E-state index in [9.17, 15) is 8.42 Å². The van der Waals surface area contributed by atoms with Crippen LogP contribution in [0.4, 0.5) is 0 Å². The maximum atomic E-state index is 10.9. The summed E-state index contributed by atoms with van der Waals surface area (Å²) < 4.78 is 21.9. The van der Waals surface area contributed by atoms with Gasteiger partial charge in [-0.2, -0.15) is 0 Å². The Morgan fingerprint density at radius 1 is 1.31 bits per heavy atom. The van der Waals surface area contributed by atoms with Gasteiger partial charge in [0.15, 0.2) is 0 Å². The molecule has 1 rings (SSSR count). The molecule has 0 spiro atoms. The monoisotopic (exact) mass is 261 g/mol. The van der Waals surface area contributed by atoms with E-state index in [-0.39, 0.29) is 11.8 Å². The zero-order valence-corrected chi connectivity index (χ0v) is 11.0. The summed E-state index contributed by atoms with van der Waals surface area (Å²) in [5, 5.41) is 3.85. The van der Waals surface area contributed by atoms with Crippen molar-refractivity contribution >= 4 is 21.4 Å². The second-order valence-electron chi connectivity index (χ2n) is 3.86. The van der Waals surface area contributed by atoms with Crippen LogP contribution >= 0.6 is 11.6 Å². The number of sulfone groups is 1. The lowest BCUT2D eigenvalue weighted by Gasteiger charge is -2.13. The van der Waals surface area contributed by atoms with Gasteiger partial charge < -0.3 is 5.32 Å². The van der Waals surface area contributed by atoms with Crippen molar-refractivity contribution in [3.8, 4) is 0 Å². The quantitative estimate of drug-likeness (QED) is 0.882. The molecule has 1 aromatic carbocycles. The summed E-state index contributed by atoms with van der Waals surface area (Å²) in [7, 11) is -2.89. The molecule has 1 atom stereocenters. The van der Waals surface area contributed by atoms with Crippen molar-refractivity contribution in [1.82, 2.24) is 5.32 Å². The van der Waals surface area contributed by atoms with Crippen molar-refractivity contribution in [3.63, 3.8) is 0 Å². The van der Waals surface area contributed by atoms with Crippen LogP contribution in [0.2, 0.25) is 5.02 Å². The Bertz CT molecular complexity index is 428. The third kappa shape index (κ3) is 4.96. The largest absolute Gasteiger partial charge is 0.309 e. The molecule has 0 aliphatic carbocycles. The van der Waals surface area contributed by atoms with Gasteiger partial charge in [0.2, 0.25) is 0 Å². The minimum atomic E-state index is -2.89. The predicted octanol–water partition coefficient (Wildman–Crippen LogP) is 2.04. The number of halogens is 1. The average Bonchev–Trinajstić information content (AvgIpc) is 2.16. The Kier molecular flexibility index (Phi) is 4.77. The normalized spacial score (nSPS) is 13.7. The molecule has 0 aromatic heterocycles. The highest BCUT2D eigenvalue weighted by molar-refractivity contribution is 7.90. The molecule has 0 fully saturated rings. The van der Waals surface area contributed by atoms with Crippen molar-refractivity contribution in [2.75, 3.05) is 18.6 Å². The van der Waals surface area contributed by atoms with Gasteiger partial charge in [0.1, 0.15) is 9.84 Å². The zero-order valence-electron chi connectivity index (χ0n) is 9.40. The van der Waals surface area contributed by atoms with E-state index in [4.69, 9.17) is 11.6 Å². The van der Waals surface area contributed by atoms with Gasteiger partial charge in [0.05, 0.1) is 5.75 Å². The summed E-state index contributed by atoms with van der Waals surface area (Å²) in [6.45, 7) is 2.45. The molecule has 0 amide bonds. The highest BCUT2D eigenvalue weighted by Gasteiger charge is 2.06. The van der Waals surface area contributed by atoms with Crippen molar-refractivity contribution in [2.24, 2.45) is 0 Å². The molecule has 0 saturated carbocycles. The summed E-state index contributed by atoms with van der Waals surface area (Å²) >= 11 is 5.78. The SMILES string of the molecule is C[C@@H](NCCS(C)(=O)=O)c1ccc(Cl)cc1. The summed E-state index contributed by atoms with van der Waals surface area (Å²) in [5.74, 6) is 0.158. The van der Waals surface area contributed by atoms with E-state index in [0.29, 0.717) is 11.6 Å². The van der Waals surface area contributed by atoms with Crippen LogP contribution < -0.4 is 5.32 Å². The first kappa shape index (κ1) is 13.5. The third-order valence-electron chi connectivity index (χ3n) is 2.29. The highest BCUT2D eigenvalue weighted by atomic mass is 35.5. The molecule has 90 valence electrons. The van der Waals surface area contributed by atoms with E-state index in [1.165, 1.54) is 6.26 Å². The van der Waals surface area contributed by atoms with Gasteiger partial charge in [-0.3, -0.25) is 0 Å². The molecule has 0 saturated heterocycles. The van der Waals surface area contributed by atoms with E-state index >= 15 is 0 Å². The Morgan fingerprint density at radius 2 is 1.88 bits per heavy atom. The van der Waals surface area contributed by atoms with Crippen LogP contribution in [0.5, 0.6) is 0 Å². The number of rotatable bonds is 5. The van der Waals surface area contributed by atoms with Crippen molar-refractivity contribution in [1.29, 1.82) is 0 Å². The molecule has 0 radical (unpaired) electrons. The lowest BCUT2D eigenvalue weighted by Crippen LogP contribution is -2.25. The van der Waals surface area contributed by atoms with Gasteiger partial charge in [0.25, 0.3) is 0 Å². The van der Waals surface area contributed by atoms with E-state index in [1.54, 1.807) is 0 Å². The number of hydrogen-bond acceptors (Lipinski definition) is 3. The van der Waals surface area contributed by atoms with E-state index in [0.717, 1.165) is 5.56 Å². The first-order valence-corrected chi connectivity index (χ1v) is 7.49. The van der Waals surface area contributed by atoms with Crippen LogP contribution in [0, 0.1) is 0 Å². The summed E-state index contributed by atoms with van der Waals surface area (Å²) in [5.41, 5.74) is 1.10. The topological polar surface area (TPSA) is 46.2 Å². The number of nitrogens with one attached hydrogen (secondary N) is 1. The Morgan fingerprint density at radius 3 is 2.38 bits per heavy atom. The molecular weight excluding hydrogens is 246 g/mol. The van der Waals surface area contributed by atoms with Gasteiger partial charge in [-0.05, 0) is 24.6 Å². The Hall–Kier alpha value is -0.580. The van der Waals surface area contributed by atoms with Crippen LogP contribution in [0.25, 0.3) is 0 Å². The molecule has 5 heteroatoms. The van der Waals surface area contributed by atoms with Crippen LogP contribution in [0.3, 0.4) is 0 Å². The second-order valence-corrected chi connectivity index (χ2v) is 6.55. The van der Waals surface area contributed by atoms with E-state index in [1.807, 2.05) is 31.2 Å². The van der Waals surface area contributed by atoms with E-state index in [2.05, 4.69) is 5.32 Å². The maximum Gasteiger partial charge on any atom is 0.148 e. The molecule has 3 nitrogen and oxygen atoms in total. The zero-order chi connectivity index (χ0) is 12.2. The van der Waals surface area contributed by atoms with Gasteiger partial charge >= 0.3 is 0 Å². The molecular formula is C11H16ClNO2S. The van der Waals surface area contributed by atoms with Crippen LogP contribution in [-0.2, 0) is 9.84 Å². The van der Waals surface area contributed by atoms with Crippen LogP contribution in [0.15, 0.2) is 24.3 Å². The molecule has 1 N–H and O–H groups in total. The fraction of sp³-hybridized carbons (Fsp3) is 0.455. The van der Waals surface area contributed by atoms with Gasteiger partial charge in [-0.15, -0.1) is 0 Å². The Labute approximate surface area is 102 Å². The Balaban J connectivity index is 2.47. The maximum absolute atomic E-state index is 10.9. The predicted molar refractivity (Wildman–Crippen MR) is 67.6 cm³/mol. The number of hydrogen-bond donors (Lipinski definition) is 1. The third-order valence-corrected chi connectivity index (χ3v) is 3.49. The highest BCUT2D eigenvalue weighted by Crippen LogP contribution is 2.15. The number of benzene rings is 1. The van der Waals surface area contributed by atoms with E-state index < -0.39 is 9.84 Å². The standard InChI is InChI=1S/C11H16ClNO2S/c1-9(13-7-8-16(2,14)15)10-3-5-11(12)6-4-10/h3-6,9,13H,7-8H2,1-2H3/t9-/m1/s1. The summed E-state index contributed by atoms with van der Waals surface area (Å²) in [6.07, 6.45) is 1.24. The van der Waals surface area contributed by atoms with Gasteiger partial charge in [0, 0.05) is 23.9 Å². The van der Waals surface area contributed by atoms with Gasteiger partial charge in [-0.25, -0.2) is 8.42 Å². The lowest BCUT2D eigenvalue weighted by molar-refractivity contribution is 0.576. The minimum absolute atomic E-state index is 0.124. The van der Waals surface area contributed by atoms with Crippen LogP contribution in [0.1, 0.15) is 18.5 Å². The lowest BCUT2D eigenvalue weighted by atomic mass is 10.1. The first-order chi connectivity index (χ1) is 7.38. The van der Waals surface area contributed by atoms with Crippen LogP contribution in [-0.4, -0.2) is 27.0 Å². The smallest absolute Gasteiger partial charge is 0.148 e. The average molecular weight is 262 g/mol. The molecule has 0 aliphatic heterocycles. The molecule has 0 bridgehead atoms. The minimum Gasteiger partial charge on any atom is -0.309 e.